The Morgan fingerprint density at radius 2 is 2.33 bits per heavy atom. The van der Waals surface area contributed by atoms with Crippen molar-refractivity contribution in [2.45, 2.75) is 6.92 Å². The van der Waals surface area contributed by atoms with E-state index in [2.05, 4.69) is 16.8 Å². The van der Waals surface area contributed by atoms with Gasteiger partial charge < -0.3 is 4.90 Å². The van der Waals surface area contributed by atoms with E-state index in [0.29, 0.717) is 0 Å². The Morgan fingerprint density at radius 3 is 2.78 bits per heavy atom. The molecule has 3 nitrogen and oxygen atoms in total. The highest BCUT2D eigenvalue weighted by Gasteiger charge is 2.05. The monoisotopic (exact) mass is 123 g/mol. The third-order valence-electron chi connectivity index (χ3n) is 1.33. The fourth-order valence-electron chi connectivity index (χ4n) is 0.541. The summed E-state index contributed by atoms with van der Waals surface area (Å²) in [4.78, 5) is 1.88. The molecule has 1 rings (SSSR count). The Kier molecular flexibility index (Phi) is 1.34. The van der Waals surface area contributed by atoms with Gasteiger partial charge in [-0.25, -0.2) is 0 Å². The van der Waals surface area contributed by atoms with Crippen molar-refractivity contribution in [2.75, 3.05) is 7.05 Å². The van der Waals surface area contributed by atoms with Crippen LogP contribution in [0.15, 0.2) is 22.5 Å². The second kappa shape index (κ2) is 2.01. The summed E-state index contributed by atoms with van der Waals surface area (Å²) in [5.74, 6) is 0.877. The van der Waals surface area contributed by atoms with Gasteiger partial charge in [0.25, 0.3) is 0 Å². The first-order chi connectivity index (χ1) is 4.22. The molecule has 1 aliphatic rings. The lowest BCUT2D eigenvalue weighted by atomic mass is 10.4. The van der Waals surface area contributed by atoms with E-state index in [-0.39, 0.29) is 0 Å². The van der Waals surface area contributed by atoms with Crippen molar-refractivity contribution >= 4 is 12.1 Å². The maximum absolute atomic E-state index is 3.81. The van der Waals surface area contributed by atoms with Crippen molar-refractivity contribution in [3.05, 3.63) is 12.3 Å². The van der Waals surface area contributed by atoms with Gasteiger partial charge in [-0.3, -0.25) is 0 Å². The van der Waals surface area contributed by atoms with Gasteiger partial charge in [0.1, 0.15) is 5.84 Å². The number of amidine groups is 1. The van der Waals surface area contributed by atoms with Gasteiger partial charge in [0.2, 0.25) is 0 Å². The molecule has 0 spiro atoms. The zero-order valence-corrected chi connectivity index (χ0v) is 5.63. The maximum Gasteiger partial charge on any atom is 0.128 e. The lowest BCUT2D eigenvalue weighted by Crippen LogP contribution is -2.25. The molecule has 0 aromatic rings. The molecule has 0 fully saturated rings. The van der Waals surface area contributed by atoms with E-state index in [4.69, 9.17) is 0 Å². The molecule has 3 heteroatoms. The smallest absolute Gasteiger partial charge is 0.128 e. The van der Waals surface area contributed by atoms with Crippen LogP contribution in [0.5, 0.6) is 0 Å². The lowest BCUT2D eigenvalue weighted by molar-refractivity contribution is 0.647. The SMILES string of the molecule is C=C1C=NN=C(C)N1C. The van der Waals surface area contributed by atoms with Crippen molar-refractivity contribution in [1.82, 2.24) is 4.90 Å². The molecule has 0 bridgehead atoms. The summed E-state index contributed by atoms with van der Waals surface area (Å²) in [6.45, 7) is 5.63. The Hall–Kier alpha value is -1.12. The van der Waals surface area contributed by atoms with Gasteiger partial charge in [-0.2, -0.15) is 5.10 Å². The van der Waals surface area contributed by atoms with Crippen molar-refractivity contribution in [3.8, 4) is 0 Å². The summed E-state index contributed by atoms with van der Waals surface area (Å²) in [5, 5.41) is 7.52. The highest BCUT2D eigenvalue weighted by molar-refractivity contribution is 5.91. The highest BCUT2D eigenvalue weighted by Crippen LogP contribution is 2.01. The van der Waals surface area contributed by atoms with Crippen LogP contribution < -0.4 is 0 Å². The average Bonchev–Trinajstić information content (AvgIpc) is 1.83. The van der Waals surface area contributed by atoms with Crippen molar-refractivity contribution in [3.63, 3.8) is 0 Å². The lowest BCUT2D eigenvalue weighted by Gasteiger charge is -2.19. The minimum Gasteiger partial charge on any atom is -0.331 e. The molecule has 0 saturated heterocycles. The fourth-order valence-corrected chi connectivity index (χ4v) is 0.541. The van der Waals surface area contributed by atoms with Crippen molar-refractivity contribution in [2.24, 2.45) is 10.2 Å². The third kappa shape index (κ3) is 0.988. The van der Waals surface area contributed by atoms with Crippen LogP contribution in [0, 0.1) is 0 Å². The van der Waals surface area contributed by atoms with Crippen molar-refractivity contribution in [1.29, 1.82) is 0 Å². The van der Waals surface area contributed by atoms with E-state index in [0.717, 1.165) is 11.5 Å². The molecule has 0 radical (unpaired) electrons. The van der Waals surface area contributed by atoms with Gasteiger partial charge in [0.15, 0.2) is 0 Å². The summed E-state index contributed by atoms with van der Waals surface area (Å²) < 4.78 is 0. The Bertz CT molecular complexity index is 190. The normalized spacial score (nSPS) is 18.2. The minimum atomic E-state index is 0.877. The third-order valence-corrected chi connectivity index (χ3v) is 1.33. The van der Waals surface area contributed by atoms with Crippen LogP contribution in [0.3, 0.4) is 0 Å². The molecule has 0 unspecified atom stereocenters. The second-order valence-electron chi connectivity index (χ2n) is 1.94. The summed E-state index contributed by atoms with van der Waals surface area (Å²) in [5.41, 5.74) is 0.877. The van der Waals surface area contributed by atoms with Crippen molar-refractivity contribution < 1.29 is 0 Å². The summed E-state index contributed by atoms with van der Waals surface area (Å²) in [7, 11) is 1.91. The molecule has 0 N–H and O–H groups in total. The van der Waals surface area contributed by atoms with Gasteiger partial charge in [-0.15, -0.1) is 5.10 Å². The predicted molar refractivity (Wildman–Crippen MR) is 38.5 cm³/mol. The molecule has 1 aliphatic heterocycles. The van der Waals surface area contributed by atoms with Crippen LogP contribution in [-0.4, -0.2) is 24.0 Å². The minimum absolute atomic E-state index is 0.877. The zero-order valence-electron chi connectivity index (χ0n) is 5.63. The number of rotatable bonds is 0. The van der Waals surface area contributed by atoms with Gasteiger partial charge in [-0.05, 0) is 6.92 Å². The van der Waals surface area contributed by atoms with E-state index in [1.165, 1.54) is 0 Å². The van der Waals surface area contributed by atoms with Gasteiger partial charge in [-0.1, -0.05) is 6.58 Å². The molecular weight excluding hydrogens is 114 g/mol. The summed E-state index contributed by atoms with van der Waals surface area (Å²) in [6.07, 6.45) is 1.63. The standard InChI is InChI=1S/C6H9N3/c1-5-4-7-8-6(2)9(5)3/h4H,1H2,2-3H3. The first-order valence-corrected chi connectivity index (χ1v) is 2.72. The average molecular weight is 123 g/mol. The molecule has 0 aliphatic carbocycles. The van der Waals surface area contributed by atoms with E-state index in [1.54, 1.807) is 6.21 Å². The molecule has 0 aromatic carbocycles. The number of hydrogen-bond donors (Lipinski definition) is 0. The van der Waals surface area contributed by atoms with Gasteiger partial charge >= 0.3 is 0 Å². The Balaban J connectivity index is 2.86. The summed E-state index contributed by atoms with van der Waals surface area (Å²) in [6, 6.07) is 0. The van der Waals surface area contributed by atoms with Crippen LogP contribution >= 0.6 is 0 Å². The molecule has 48 valence electrons. The van der Waals surface area contributed by atoms with E-state index >= 15 is 0 Å². The first kappa shape index (κ1) is 6.01. The van der Waals surface area contributed by atoms with E-state index < -0.39 is 0 Å². The Labute approximate surface area is 54.4 Å². The zero-order chi connectivity index (χ0) is 6.85. The van der Waals surface area contributed by atoms with Crippen LogP contribution in [0.25, 0.3) is 0 Å². The van der Waals surface area contributed by atoms with Crippen LogP contribution in [0.4, 0.5) is 0 Å². The van der Waals surface area contributed by atoms with E-state index in [1.807, 2.05) is 18.9 Å². The topological polar surface area (TPSA) is 28.0 Å². The van der Waals surface area contributed by atoms with Gasteiger partial charge in [0, 0.05) is 7.05 Å². The molecular formula is C6H9N3. The quantitative estimate of drug-likeness (QED) is 0.469. The van der Waals surface area contributed by atoms with Crippen LogP contribution in [0.1, 0.15) is 6.92 Å². The number of allylic oxidation sites excluding steroid dienone is 1. The highest BCUT2D eigenvalue weighted by atomic mass is 15.3. The molecule has 9 heavy (non-hydrogen) atoms. The number of nitrogens with zero attached hydrogens (tertiary/aromatic N) is 3. The first-order valence-electron chi connectivity index (χ1n) is 2.72. The second-order valence-corrected chi connectivity index (χ2v) is 1.94. The maximum atomic E-state index is 3.81. The molecule has 0 amide bonds. The molecule has 0 atom stereocenters. The largest absolute Gasteiger partial charge is 0.331 e. The summed E-state index contributed by atoms with van der Waals surface area (Å²) >= 11 is 0. The molecule has 0 aromatic heterocycles. The predicted octanol–water partition coefficient (Wildman–Crippen LogP) is 0.850. The van der Waals surface area contributed by atoms with Gasteiger partial charge in [0.05, 0.1) is 11.9 Å². The van der Waals surface area contributed by atoms with Crippen LogP contribution in [-0.2, 0) is 0 Å². The van der Waals surface area contributed by atoms with E-state index in [9.17, 15) is 0 Å². The fraction of sp³-hybridized carbons (Fsp3) is 0.333. The number of hydrogen-bond acceptors (Lipinski definition) is 3. The molecule has 1 heterocycles. The van der Waals surface area contributed by atoms with Crippen LogP contribution in [0.2, 0.25) is 0 Å². The Morgan fingerprint density at radius 1 is 1.67 bits per heavy atom. The molecule has 0 saturated carbocycles.